The number of unbranched alkanes of at least 4 members (excludes halogenated alkanes) is 1. The quantitative estimate of drug-likeness (QED) is 0.672. The van der Waals surface area contributed by atoms with E-state index in [2.05, 4.69) is 36.5 Å². The number of anilines is 1. The van der Waals surface area contributed by atoms with Crippen LogP contribution in [0.25, 0.3) is 0 Å². The molecule has 4 heteroatoms. The molecule has 0 aliphatic carbocycles. The lowest BCUT2D eigenvalue weighted by Gasteiger charge is -2.24. The van der Waals surface area contributed by atoms with E-state index in [4.69, 9.17) is 4.74 Å². The first-order valence-corrected chi connectivity index (χ1v) is 9.18. The van der Waals surface area contributed by atoms with Gasteiger partial charge in [0.15, 0.2) is 0 Å². The highest BCUT2D eigenvalue weighted by Gasteiger charge is 2.16. The van der Waals surface area contributed by atoms with Crippen LogP contribution in [0.15, 0.2) is 42.5 Å². The summed E-state index contributed by atoms with van der Waals surface area (Å²) in [6.45, 7) is 8.17. The van der Waals surface area contributed by atoms with Gasteiger partial charge in [0.25, 0.3) is 0 Å². The zero-order valence-electron chi connectivity index (χ0n) is 16.3. The molecule has 1 N–H and O–H groups in total. The second-order valence-corrected chi connectivity index (χ2v) is 6.81. The SMILES string of the molecule is COCCCCN(Cc1ccccc1)C(=O)Nc1c(C)cc(C)cc1C. The Hall–Kier alpha value is -2.33. The molecule has 0 unspecified atom stereocenters. The van der Waals surface area contributed by atoms with Gasteiger partial charge >= 0.3 is 6.03 Å². The molecule has 0 aliphatic heterocycles. The van der Waals surface area contributed by atoms with Crippen molar-refractivity contribution in [1.29, 1.82) is 0 Å². The van der Waals surface area contributed by atoms with Gasteiger partial charge in [0, 0.05) is 32.5 Å². The predicted molar refractivity (Wildman–Crippen MR) is 108 cm³/mol. The van der Waals surface area contributed by atoms with Crippen LogP contribution in [0, 0.1) is 20.8 Å². The molecular weight excluding hydrogens is 324 g/mol. The van der Waals surface area contributed by atoms with Crippen molar-refractivity contribution in [1.82, 2.24) is 4.90 Å². The summed E-state index contributed by atoms with van der Waals surface area (Å²) in [4.78, 5) is 14.8. The van der Waals surface area contributed by atoms with Gasteiger partial charge in [-0.15, -0.1) is 0 Å². The first-order chi connectivity index (χ1) is 12.5. The molecule has 26 heavy (non-hydrogen) atoms. The van der Waals surface area contributed by atoms with Crippen LogP contribution in [0.2, 0.25) is 0 Å². The molecule has 2 rings (SSSR count). The lowest BCUT2D eigenvalue weighted by atomic mass is 10.1. The van der Waals surface area contributed by atoms with Crippen LogP contribution in [0.1, 0.15) is 35.1 Å². The summed E-state index contributed by atoms with van der Waals surface area (Å²) in [6.07, 6.45) is 1.86. The second-order valence-electron chi connectivity index (χ2n) is 6.81. The normalized spacial score (nSPS) is 10.6. The summed E-state index contributed by atoms with van der Waals surface area (Å²) in [6, 6.07) is 14.3. The van der Waals surface area contributed by atoms with Crippen molar-refractivity contribution in [3.63, 3.8) is 0 Å². The smallest absolute Gasteiger partial charge is 0.322 e. The minimum Gasteiger partial charge on any atom is -0.385 e. The lowest BCUT2D eigenvalue weighted by molar-refractivity contribution is 0.182. The molecule has 0 spiro atoms. The van der Waals surface area contributed by atoms with E-state index in [-0.39, 0.29) is 6.03 Å². The number of aryl methyl sites for hydroxylation is 3. The third kappa shape index (κ3) is 5.88. The Balaban J connectivity index is 2.11. The fourth-order valence-electron chi connectivity index (χ4n) is 3.17. The van der Waals surface area contributed by atoms with Gasteiger partial charge in [0.05, 0.1) is 0 Å². The monoisotopic (exact) mass is 354 g/mol. The number of nitrogens with one attached hydrogen (secondary N) is 1. The average Bonchev–Trinajstić information content (AvgIpc) is 2.61. The molecule has 2 aromatic rings. The number of hydrogen-bond acceptors (Lipinski definition) is 2. The number of urea groups is 1. The molecule has 140 valence electrons. The molecule has 0 saturated carbocycles. The van der Waals surface area contributed by atoms with Crippen molar-refractivity contribution >= 4 is 11.7 Å². The van der Waals surface area contributed by atoms with Gasteiger partial charge < -0.3 is 15.0 Å². The fourth-order valence-corrected chi connectivity index (χ4v) is 3.17. The van der Waals surface area contributed by atoms with E-state index >= 15 is 0 Å². The summed E-state index contributed by atoms with van der Waals surface area (Å²) in [5.41, 5.74) is 5.44. The predicted octanol–water partition coefficient (Wildman–Crippen LogP) is 5.07. The average molecular weight is 354 g/mol. The molecule has 2 aromatic carbocycles. The van der Waals surface area contributed by atoms with E-state index in [0.717, 1.165) is 41.8 Å². The van der Waals surface area contributed by atoms with Crippen LogP contribution in [-0.2, 0) is 11.3 Å². The highest BCUT2D eigenvalue weighted by atomic mass is 16.5. The number of methoxy groups -OCH3 is 1. The highest BCUT2D eigenvalue weighted by Crippen LogP contribution is 2.22. The molecule has 0 radical (unpaired) electrons. The second kappa shape index (κ2) is 9.97. The van der Waals surface area contributed by atoms with Crippen LogP contribution in [0.3, 0.4) is 0 Å². The summed E-state index contributed by atoms with van der Waals surface area (Å²) >= 11 is 0. The van der Waals surface area contributed by atoms with E-state index in [1.807, 2.05) is 36.9 Å². The van der Waals surface area contributed by atoms with Gasteiger partial charge in [-0.25, -0.2) is 4.79 Å². The fraction of sp³-hybridized carbons (Fsp3) is 0.409. The van der Waals surface area contributed by atoms with Crippen LogP contribution in [-0.4, -0.2) is 31.2 Å². The zero-order chi connectivity index (χ0) is 18.9. The van der Waals surface area contributed by atoms with Crippen LogP contribution in [0.5, 0.6) is 0 Å². The van der Waals surface area contributed by atoms with Crippen molar-refractivity contribution in [2.24, 2.45) is 0 Å². The van der Waals surface area contributed by atoms with Gasteiger partial charge in [0.2, 0.25) is 0 Å². The molecule has 0 aromatic heterocycles. The highest BCUT2D eigenvalue weighted by molar-refractivity contribution is 5.91. The van der Waals surface area contributed by atoms with Crippen molar-refractivity contribution in [3.05, 3.63) is 64.7 Å². The van der Waals surface area contributed by atoms with Gasteiger partial charge in [-0.2, -0.15) is 0 Å². The molecule has 0 atom stereocenters. The van der Waals surface area contributed by atoms with Crippen molar-refractivity contribution in [2.75, 3.05) is 25.6 Å². The molecule has 4 nitrogen and oxygen atoms in total. The Labute approximate surface area is 157 Å². The van der Waals surface area contributed by atoms with E-state index in [1.165, 1.54) is 5.56 Å². The standard InChI is InChI=1S/C22H30N2O2/c1-17-14-18(2)21(19(3)15-17)23-22(25)24(12-8-9-13-26-4)16-20-10-6-5-7-11-20/h5-7,10-11,14-15H,8-9,12-13,16H2,1-4H3,(H,23,25). The maximum Gasteiger partial charge on any atom is 0.322 e. The Morgan fingerprint density at radius 3 is 2.31 bits per heavy atom. The van der Waals surface area contributed by atoms with Crippen molar-refractivity contribution < 1.29 is 9.53 Å². The van der Waals surface area contributed by atoms with Gasteiger partial charge in [-0.1, -0.05) is 48.0 Å². The molecule has 0 heterocycles. The maximum atomic E-state index is 13.0. The topological polar surface area (TPSA) is 41.6 Å². The Bertz CT molecular complexity index is 690. The zero-order valence-corrected chi connectivity index (χ0v) is 16.3. The lowest BCUT2D eigenvalue weighted by Crippen LogP contribution is -2.35. The van der Waals surface area contributed by atoms with Gasteiger partial charge in [0.1, 0.15) is 0 Å². The molecule has 0 aliphatic rings. The molecule has 0 bridgehead atoms. The Morgan fingerprint density at radius 1 is 1.04 bits per heavy atom. The molecular formula is C22H30N2O2. The molecule has 2 amide bonds. The van der Waals surface area contributed by atoms with Crippen LogP contribution >= 0.6 is 0 Å². The molecule has 0 saturated heterocycles. The largest absolute Gasteiger partial charge is 0.385 e. The van der Waals surface area contributed by atoms with Gasteiger partial charge in [-0.05, 0) is 50.3 Å². The summed E-state index contributed by atoms with van der Waals surface area (Å²) in [7, 11) is 1.71. The number of amides is 2. The number of nitrogens with zero attached hydrogens (tertiary/aromatic N) is 1. The van der Waals surface area contributed by atoms with Crippen molar-refractivity contribution in [3.8, 4) is 0 Å². The minimum atomic E-state index is -0.0543. The number of carbonyl (C=O) groups is 1. The Kier molecular flexibility index (Phi) is 7.67. The first-order valence-electron chi connectivity index (χ1n) is 9.18. The number of rotatable bonds is 8. The molecule has 0 fully saturated rings. The number of carbonyl (C=O) groups excluding carboxylic acids is 1. The Morgan fingerprint density at radius 2 is 1.69 bits per heavy atom. The van der Waals surface area contributed by atoms with E-state index in [1.54, 1.807) is 7.11 Å². The van der Waals surface area contributed by atoms with Crippen LogP contribution < -0.4 is 5.32 Å². The summed E-state index contributed by atoms with van der Waals surface area (Å²) in [5.74, 6) is 0. The van der Waals surface area contributed by atoms with E-state index in [0.29, 0.717) is 13.1 Å². The number of hydrogen-bond donors (Lipinski definition) is 1. The van der Waals surface area contributed by atoms with Crippen LogP contribution in [0.4, 0.5) is 10.5 Å². The number of ether oxygens (including phenoxy) is 1. The third-order valence-electron chi connectivity index (χ3n) is 4.44. The third-order valence-corrected chi connectivity index (χ3v) is 4.44. The minimum absolute atomic E-state index is 0.0543. The maximum absolute atomic E-state index is 13.0. The van der Waals surface area contributed by atoms with E-state index < -0.39 is 0 Å². The summed E-state index contributed by atoms with van der Waals surface area (Å²) in [5, 5.41) is 3.12. The first kappa shape index (κ1) is 20.0. The summed E-state index contributed by atoms with van der Waals surface area (Å²) < 4.78 is 5.12. The van der Waals surface area contributed by atoms with E-state index in [9.17, 15) is 4.79 Å². The number of benzene rings is 2. The van der Waals surface area contributed by atoms with Crippen molar-refractivity contribution in [2.45, 2.75) is 40.2 Å². The van der Waals surface area contributed by atoms with Gasteiger partial charge in [-0.3, -0.25) is 0 Å².